The predicted octanol–water partition coefficient (Wildman–Crippen LogP) is 1.76. The standard InChI is InChI=1S/C18H19N3O3/c22-17(20-10-8-14-7-4-9-19-11-14)16-13-24-18(23)21(16)12-15-5-2-1-3-6-15/h1-7,9,11,16H,8,10,12-13H2,(H,20,22)/t16-/m0/s1. The Bertz CT molecular complexity index is 691. The summed E-state index contributed by atoms with van der Waals surface area (Å²) in [5.74, 6) is -0.194. The van der Waals surface area contributed by atoms with E-state index < -0.39 is 12.1 Å². The molecule has 1 aromatic heterocycles. The highest BCUT2D eigenvalue weighted by Gasteiger charge is 2.37. The molecular formula is C18H19N3O3. The van der Waals surface area contributed by atoms with Gasteiger partial charge in [-0.3, -0.25) is 14.7 Å². The molecule has 3 rings (SSSR count). The second-order valence-corrected chi connectivity index (χ2v) is 5.61. The van der Waals surface area contributed by atoms with E-state index in [1.165, 1.54) is 4.90 Å². The molecule has 6 heteroatoms. The Morgan fingerprint density at radius 2 is 2.00 bits per heavy atom. The number of carbonyl (C=O) groups excluding carboxylic acids is 2. The molecular weight excluding hydrogens is 306 g/mol. The quantitative estimate of drug-likeness (QED) is 0.878. The van der Waals surface area contributed by atoms with Crippen LogP contribution in [-0.2, 0) is 22.5 Å². The van der Waals surface area contributed by atoms with Crippen LogP contribution in [0.3, 0.4) is 0 Å². The second-order valence-electron chi connectivity index (χ2n) is 5.61. The molecule has 1 aliphatic heterocycles. The van der Waals surface area contributed by atoms with E-state index >= 15 is 0 Å². The number of aromatic nitrogens is 1. The molecule has 2 aromatic rings. The van der Waals surface area contributed by atoms with Gasteiger partial charge in [0.1, 0.15) is 12.6 Å². The van der Waals surface area contributed by atoms with Crippen molar-refractivity contribution in [1.29, 1.82) is 0 Å². The summed E-state index contributed by atoms with van der Waals surface area (Å²) in [6.45, 7) is 0.944. The maximum atomic E-state index is 12.4. The molecule has 2 heterocycles. The van der Waals surface area contributed by atoms with E-state index in [0.717, 1.165) is 11.1 Å². The van der Waals surface area contributed by atoms with E-state index in [-0.39, 0.29) is 12.5 Å². The van der Waals surface area contributed by atoms with Gasteiger partial charge < -0.3 is 10.1 Å². The zero-order valence-corrected chi connectivity index (χ0v) is 13.2. The Hall–Kier alpha value is -2.89. The van der Waals surface area contributed by atoms with Crippen molar-refractivity contribution in [3.8, 4) is 0 Å². The maximum absolute atomic E-state index is 12.4. The summed E-state index contributed by atoms with van der Waals surface area (Å²) in [5, 5.41) is 2.87. The van der Waals surface area contributed by atoms with Crippen LogP contribution in [0.2, 0.25) is 0 Å². The van der Waals surface area contributed by atoms with E-state index in [1.54, 1.807) is 12.4 Å². The number of nitrogens with one attached hydrogen (secondary N) is 1. The molecule has 1 fully saturated rings. The molecule has 1 aliphatic rings. The van der Waals surface area contributed by atoms with Crippen molar-refractivity contribution >= 4 is 12.0 Å². The van der Waals surface area contributed by atoms with Crippen molar-refractivity contribution in [1.82, 2.24) is 15.2 Å². The van der Waals surface area contributed by atoms with Crippen LogP contribution in [0.5, 0.6) is 0 Å². The lowest BCUT2D eigenvalue weighted by molar-refractivity contribution is -0.124. The van der Waals surface area contributed by atoms with Crippen LogP contribution in [0.1, 0.15) is 11.1 Å². The minimum absolute atomic E-state index is 0.0877. The first kappa shape index (κ1) is 16.0. The van der Waals surface area contributed by atoms with E-state index in [4.69, 9.17) is 4.74 Å². The van der Waals surface area contributed by atoms with Gasteiger partial charge >= 0.3 is 6.09 Å². The number of rotatable bonds is 6. The summed E-state index contributed by atoms with van der Waals surface area (Å²) in [6.07, 6.45) is 3.73. The fraction of sp³-hybridized carbons (Fsp3) is 0.278. The summed E-state index contributed by atoms with van der Waals surface area (Å²) in [6, 6.07) is 12.8. The van der Waals surface area contributed by atoms with Crippen LogP contribution in [0.15, 0.2) is 54.9 Å². The minimum atomic E-state index is -0.591. The summed E-state index contributed by atoms with van der Waals surface area (Å²) in [7, 11) is 0. The van der Waals surface area contributed by atoms with Crippen molar-refractivity contribution < 1.29 is 14.3 Å². The smallest absolute Gasteiger partial charge is 0.410 e. The third-order valence-electron chi connectivity index (χ3n) is 3.91. The molecule has 1 N–H and O–H groups in total. The topological polar surface area (TPSA) is 71.5 Å². The fourth-order valence-corrected chi connectivity index (χ4v) is 2.62. The Morgan fingerprint density at radius 1 is 1.21 bits per heavy atom. The molecule has 1 atom stereocenters. The predicted molar refractivity (Wildman–Crippen MR) is 88.1 cm³/mol. The molecule has 24 heavy (non-hydrogen) atoms. The van der Waals surface area contributed by atoms with Gasteiger partial charge in [0, 0.05) is 18.9 Å². The zero-order chi connectivity index (χ0) is 16.8. The van der Waals surface area contributed by atoms with E-state index in [1.807, 2.05) is 42.5 Å². The van der Waals surface area contributed by atoms with Gasteiger partial charge in [-0.1, -0.05) is 36.4 Å². The van der Waals surface area contributed by atoms with Crippen molar-refractivity contribution in [2.45, 2.75) is 19.0 Å². The largest absolute Gasteiger partial charge is 0.447 e. The normalized spacial score (nSPS) is 16.8. The Labute approximate surface area is 140 Å². The molecule has 0 radical (unpaired) electrons. The van der Waals surface area contributed by atoms with Crippen molar-refractivity contribution in [3.63, 3.8) is 0 Å². The van der Waals surface area contributed by atoms with Gasteiger partial charge in [-0.25, -0.2) is 4.79 Å². The molecule has 0 aliphatic carbocycles. The lowest BCUT2D eigenvalue weighted by Gasteiger charge is -2.20. The number of cyclic esters (lactones) is 1. The monoisotopic (exact) mass is 325 g/mol. The molecule has 0 bridgehead atoms. The first-order chi connectivity index (χ1) is 11.7. The fourth-order valence-electron chi connectivity index (χ4n) is 2.62. The first-order valence-corrected chi connectivity index (χ1v) is 7.88. The Balaban J connectivity index is 1.55. The highest BCUT2D eigenvalue weighted by molar-refractivity contribution is 5.87. The Kier molecular flexibility index (Phi) is 5.05. The van der Waals surface area contributed by atoms with E-state index in [0.29, 0.717) is 19.5 Å². The van der Waals surface area contributed by atoms with Gasteiger partial charge in [0.05, 0.1) is 6.54 Å². The third kappa shape index (κ3) is 3.90. The second kappa shape index (κ2) is 7.59. The van der Waals surface area contributed by atoms with Gasteiger partial charge in [0.2, 0.25) is 5.91 Å². The highest BCUT2D eigenvalue weighted by atomic mass is 16.6. The van der Waals surface area contributed by atoms with Gasteiger partial charge in [-0.15, -0.1) is 0 Å². The number of hydrogen-bond donors (Lipinski definition) is 1. The minimum Gasteiger partial charge on any atom is -0.447 e. The summed E-state index contributed by atoms with van der Waals surface area (Å²) in [5.41, 5.74) is 2.02. The van der Waals surface area contributed by atoms with Crippen LogP contribution >= 0.6 is 0 Å². The summed E-state index contributed by atoms with van der Waals surface area (Å²) >= 11 is 0. The zero-order valence-electron chi connectivity index (χ0n) is 13.2. The average Bonchev–Trinajstić information content (AvgIpc) is 2.97. The number of nitrogens with zero attached hydrogens (tertiary/aromatic N) is 2. The van der Waals surface area contributed by atoms with Crippen LogP contribution < -0.4 is 5.32 Å². The molecule has 124 valence electrons. The molecule has 0 unspecified atom stereocenters. The Morgan fingerprint density at radius 3 is 2.75 bits per heavy atom. The van der Waals surface area contributed by atoms with Crippen molar-refractivity contribution in [2.75, 3.05) is 13.2 Å². The van der Waals surface area contributed by atoms with Crippen LogP contribution in [-0.4, -0.2) is 41.1 Å². The van der Waals surface area contributed by atoms with Gasteiger partial charge in [-0.05, 0) is 23.6 Å². The third-order valence-corrected chi connectivity index (χ3v) is 3.91. The number of pyridine rings is 1. The van der Waals surface area contributed by atoms with Crippen molar-refractivity contribution in [3.05, 3.63) is 66.0 Å². The molecule has 0 spiro atoms. The maximum Gasteiger partial charge on any atom is 0.410 e. The highest BCUT2D eigenvalue weighted by Crippen LogP contribution is 2.16. The number of hydrogen-bond acceptors (Lipinski definition) is 4. The SMILES string of the molecule is O=C(NCCc1cccnc1)[C@@H]1COC(=O)N1Cc1ccccc1. The molecule has 6 nitrogen and oxygen atoms in total. The molecule has 1 saturated heterocycles. The summed E-state index contributed by atoms with van der Waals surface area (Å²) in [4.78, 5) is 29.8. The molecule has 1 aromatic carbocycles. The van der Waals surface area contributed by atoms with Gasteiger partial charge in [0.15, 0.2) is 0 Å². The molecule has 0 saturated carbocycles. The lowest BCUT2D eigenvalue weighted by Crippen LogP contribution is -2.45. The summed E-state index contributed by atoms with van der Waals surface area (Å²) < 4.78 is 5.05. The van der Waals surface area contributed by atoms with Crippen molar-refractivity contribution in [2.24, 2.45) is 0 Å². The molecule has 2 amide bonds. The van der Waals surface area contributed by atoms with Crippen LogP contribution in [0.25, 0.3) is 0 Å². The van der Waals surface area contributed by atoms with Crippen LogP contribution in [0, 0.1) is 0 Å². The van der Waals surface area contributed by atoms with E-state index in [2.05, 4.69) is 10.3 Å². The number of benzene rings is 1. The van der Waals surface area contributed by atoms with Crippen LogP contribution in [0.4, 0.5) is 4.79 Å². The van der Waals surface area contributed by atoms with Gasteiger partial charge in [0.25, 0.3) is 0 Å². The number of amides is 2. The van der Waals surface area contributed by atoms with Gasteiger partial charge in [-0.2, -0.15) is 0 Å². The number of carbonyl (C=O) groups is 2. The average molecular weight is 325 g/mol. The first-order valence-electron chi connectivity index (χ1n) is 7.88. The lowest BCUT2D eigenvalue weighted by atomic mass is 10.1. The number of ether oxygens (including phenoxy) is 1. The van der Waals surface area contributed by atoms with E-state index in [9.17, 15) is 9.59 Å².